The highest BCUT2D eigenvalue weighted by Crippen LogP contribution is 2.13. The predicted molar refractivity (Wildman–Crippen MR) is 70.2 cm³/mol. The number of anilines is 1. The SMILES string of the molecule is O=C(Nc1ccccc1F)C(=O)NC1CCS(=O)(=O)C1. The van der Waals surface area contributed by atoms with Crippen LogP contribution < -0.4 is 10.6 Å². The fraction of sp³-hybridized carbons (Fsp3) is 0.333. The Bertz CT molecular complexity index is 645. The number of para-hydroxylation sites is 1. The second-order valence-corrected chi connectivity index (χ2v) is 6.74. The van der Waals surface area contributed by atoms with Crippen molar-refractivity contribution in [1.29, 1.82) is 0 Å². The number of benzene rings is 1. The molecule has 1 aromatic carbocycles. The summed E-state index contributed by atoms with van der Waals surface area (Å²) in [5, 5.41) is 4.45. The van der Waals surface area contributed by atoms with Crippen LogP contribution in [-0.4, -0.2) is 37.8 Å². The van der Waals surface area contributed by atoms with Crippen molar-refractivity contribution in [2.45, 2.75) is 12.5 Å². The van der Waals surface area contributed by atoms with Crippen molar-refractivity contribution in [2.75, 3.05) is 16.8 Å². The van der Waals surface area contributed by atoms with E-state index < -0.39 is 33.5 Å². The van der Waals surface area contributed by atoms with Gasteiger partial charge in [-0.05, 0) is 18.6 Å². The molecule has 1 atom stereocenters. The first-order valence-corrected chi connectivity index (χ1v) is 7.76. The van der Waals surface area contributed by atoms with Gasteiger partial charge in [-0.1, -0.05) is 12.1 Å². The summed E-state index contributed by atoms with van der Waals surface area (Å²) < 4.78 is 35.7. The maximum atomic E-state index is 13.3. The molecular formula is C12H13FN2O4S. The summed E-state index contributed by atoms with van der Waals surface area (Å²) in [6.45, 7) is 0. The maximum Gasteiger partial charge on any atom is 0.313 e. The van der Waals surface area contributed by atoms with Gasteiger partial charge in [0.05, 0.1) is 17.2 Å². The molecule has 0 spiro atoms. The Morgan fingerprint density at radius 3 is 2.50 bits per heavy atom. The van der Waals surface area contributed by atoms with Gasteiger partial charge in [-0.3, -0.25) is 9.59 Å². The lowest BCUT2D eigenvalue weighted by Crippen LogP contribution is -2.42. The molecule has 2 N–H and O–H groups in total. The average Bonchev–Trinajstić information content (AvgIpc) is 2.71. The van der Waals surface area contributed by atoms with Crippen LogP contribution >= 0.6 is 0 Å². The number of carbonyl (C=O) groups excluding carboxylic acids is 2. The quantitative estimate of drug-likeness (QED) is 0.756. The molecule has 1 unspecified atom stereocenters. The second kappa shape index (κ2) is 5.58. The third kappa shape index (κ3) is 3.53. The molecule has 0 aromatic heterocycles. The first kappa shape index (κ1) is 14.4. The predicted octanol–water partition coefficient (Wildman–Crippen LogP) is 0.0675. The molecule has 0 aliphatic carbocycles. The van der Waals surface area contributed by atoms with E-state index in [0.29, 0.717) is 0 Å². The molecule has 8 heteroatoms. The minimum atomic E-state index is -3.14. The summed E-state index contributed by atoms with van der Waals surface area (Å²) in [4.78, 5) is 23.2. The van der Waals surface area contributed by atoms with Gasteiger partial charge in [0.15, 0.2) is 9.84 Å². The molecule has 1 fully saturated rings. The number of nitrogens with one attached hydrogen (secondary N) is 2. The fourth-order valence-corrected chi connectivity index (χ4v) is 3.57. The van der Waals surface area contributed by atoms with Crippen LogP contribution in [0.1, 0.15) is 6.42 Å². The van der Waals surface area contributed by atoms with E-state index in [9.17, 15) is 22.4 Å². The van der Waals surface area contributed by atoms with E-state index in [1.807, 2.05) is 0 Å². The maximum absolute atomic E-state index is 13.3. The van der Waals surface area contributed by atoms with Gasteiger partial charge < -0.3 is 10.6 Å². The van der Waals surface area contributed by atoms with Crippen LogP contribution in [0.3, 0.4) is 0 Å². The number of sulfone groups is 1. The van der Waals surface area contributed by atoms with Gasteiger partial charge >= 0.3 is 11.8 Å². The summed E-state index contributed by atoms with van der Waals surface area (Å²) >= 11 is 0. The molecule has 1 aromatic rings. The third-order valence-corrected chi connectivity index (χ3v) is 4.66. The van der Waals surface area contributed by atoms with Gasteiger partial charge in [0, 0.05) is 6.04 Å². The van der Waals surface area contributed by atoms with Crippen molar-refractivity contribution < 1.29 is 22.4 Å². The third-order valence-electron chi connectivity index (χ3n) is 2.90. The number of carbonyl (C=O) groups is 2. The van der Waals surface area contributed by atoms with Gasteiger partial charge in [-0.25, -0.2) is 12.8 Å². The molecule has 0 saturated carbocycles. The second-order valence-electron chi connectivity index (χ2n) is 4.51. The first-order chi connectivity index (χ1) is 9.37. The lowest BCUT2D eigenvalue weighted by Gasteiger charge is -2.11. The molecule has 1 aliphatic heterocycles. The van der Waals surface area contributed by atoms with E-state index in [1.54, 1.807) is 0 Å². The van der Waals surface area contributed by atoms with Gasteiger partial charge in [0.2, 0.25) is 0 Å². The minimum absolute atomic E-state index is 0.00706. The Kier molecular flexibility index (Phi) is 4.03. The van der Waals surface area contributed by atoms with E-state index in [2.05, 4.69) is 10.6 Å². The highest BCUT2D eigenvalue weighted by atomic mass is 32.2. The summed E-state index contributed by atoms with van der Waals surface area (Å²) in [5.41, 5.74) is -0.105. The topological polar surface area (TPSA) is 92.3 Å². The Morgan fingerprint density at radius 1 is 1.20 bits per heavy atom. The van der Waals surface area contributed by atoms with Gasteiger partial charge in [0.25, 0.3) is 0 Å². The molecular weight excluding hydrogens is 287 g/mol. The van der Waals surface area contributed by atoms with Gasteiger partial charge in [-0.2, -0.15) is 0 Å². The Hall–Kier alpha value is -1.96. The van der Waals surface area contributed by atoms with E-state index in [1.165, 1.54) is 18.2 Å². The van der Waals surface area contributed by atoms with Crippen LogP contribution in [0, 0.1) is 5.82 Å². The number of rotatable bonds is 2. The van der Waals surface area contributed by atoms with Crippen LogP contribution in [0.4, 0.5) is 10.1 Å². The van der Waals surface area contributed by atoms with Crippen LogP contribution in [-0.2, 0) is 19.4 Å². The first-order valence-electron chi connectivity index (χ1n) is 5.94. The minimum Gasteiger partial charge on any atom is -0.344 e. The summed E-state index contributed by atoms with van der Waals surface area (Å²) in [6, 6.07) is 4.87. The Labute approximate surface area is 115 Å². The largest absolute Gasteiger partial charge is 0.344 e. The highest BCUT2D eigenvalue weighted by molar-refractivity contribution is 7.91. The van der Waals surface area contributed by atoms with Crippen molar-refractivity contribution >= 4 is 27.3 Å². The summed E-state index contributed by atoms with van der Waals surface area (Å²) in [6.07, 6.45) is 0.279. The van der Waals surface area contributed by atoms with Crippen LogP contribution in [0.25, 0.3) is 0 Å². The van der Waals surface area contributed by atoms with Gasteiger partial charge in [-0.15, -0.1) is 0 Å². The molecule has 6 nitrogen and oxygen atoms in total. The smallest absolute Gasteiger partial charge is 0.313 e. The summed E-state index contributed by atoms with van der Waals surface area (Å²) in [7, 11) is -3.14. The van der Waals surface area contributed by atoms with Crippen LogP contribution in [0.2, 0.25) is 0 Å². The molecule has 0 radical (unpaired) electrons. The molecule has 2 amide bonds. The Morgan fingerprint density at radius 2 is 1.90 bits per heavy atom. The van der Waals surface area contributed by atoms with Crippen molar-refractivity contribution in [3.05, 3.63) is 30.1 Å². The molecule has 1 heterocycles. The molecule has 1 aliphatic rings. The molecule has 1 saturated heterocycles. The average molecular weight is 300 g/mol. The van der Waals surface area contributed by atoms with Crippen LogP contribution in [0.5, 0.6) is 0 Å². The van der Waals surface area contributed by atoms with Crippen molar-refractivity contribution in [3.8, 4) is 0 Å². The number of hydrogen-bond donors (Lipinski definition) is 2. The summed E-state index contributed by atoms with van der Waals surface area (Å²) in [5.74, 6) is -2.84. The van der Waals surface area contributed by atoms with E-state index in [0.717, 1.165) is 6.07 Å². The number of amides is 2. The van der Waals surface area contributed by atoms with E-state index in [4.69, 9.17) is 0 Å². The number of hydrogen-bond acceptors (Lipinski definition) is 4. The molecule has 2 rings (SSSR count). The molecule has 0 bridgehead atoms. The monoisotopic (exact) mass is 300 g/mol. The van der Waals surface area contributed by atoms with Crippen LogP contribution in [0.15, 0.2) is 24.3 Å². The van der Waals surface area contributed by atoms with Crippen molar-refractivity contribution in [2.24, 2.45) is 0 Å². The fourth-order valence-electron chi connectivity index (χ4n) is 1.90. The lowest BCUT2D eigenvalue weighted by molar-refractivity contribution is -0.136. The zero-order valence-corrected chi connectivity index (χ0v) is 11.2. The van der Waals surface area contributed by atoms with Gasteiger partial charge in [0.1, 0.15) is 5.82 Å². The number of halogens is 1. The molecule has 20 heavy (non-hydrogen) atoms. The standard InChI is InChI=1S/C12H13FN2O4S/c13-9-3-1-2-4-10(9)15-12(17)11(16)14-8-5-6-20(18,19)7-8/h1-4,8H,5-7H2,(H,14,16)(H,15,17). The van der Waals surface area contributed by atoms with E-state index >= 15 is 0 Å². The van der Waals surface area contributed by atoms with Crippen molar-refractivity contribution in [3.63, 3.8) is 0 Å². The zero-order valence-electron chi connectivity index (χ0n) is 10.4. The molecule has 108 valence electrons. The Balaban J connectivity index is 1.93. The highest BCUT2D eigenvalue weighted by Gasteiger charge is 2.30. The van der Waals surface area contributed by atoms with E-state index in [-0.39, 0.29) is 23.6 Å². The van der Waals surface area contributed by atoms with Crippen molar-refractivity contribution in [1.82, 2.24) is 5.32 Å². The normalized spacial score (nSPS) is 20.4. The zero-order chi connectivity index (χ0) is 14.8. The lowest BCUT2D eigenvalue weighted by atomic mass is 10.2.